The molecule has 1 aromatic carbocycles. The molecule has 0 saturated carbocycles. The molecule has 0 radical (unpaired) electrons. The fraction of sp³-hybridized carbons (Fsp3) is 0.467. The molecule has 0 fully saturated rings. The summed E-state index contributed by atoms with van der Waals surface area (Å²) in [7, 11) is 1.62. The van der Waals surface area contributed by atoms with Crippen molar-refractivity contribution in [2.24, 2.45) is 5.10 Å². The van der Waals surface area contributed by atoms with Crippen molar-refractivity contribution in [2.75, 3.05) is 20.2 Å². The lowest BCUT2D eigenvalue weighted by Crippen LogP contribution is -2.51. The minimum absolute atomic E-state index is 0.0866. The molecule has 1 heterocycles. The Hall–Kier alpha value is -1.43. The van der Waals surface area contributed by atoms with Gasteiger partial charge in [-0.25, -0.2) is 5.01 Å². The summed E-state index contributed by atoms with van der Waals surface area (Å²) >= 11 is 6.63. The number of carbonyl (C=O) groups is 1. The maximum Gasteiger partial charge on any atom is 0.245 e. The standard InChI is InChI=1S/C15H20ClN3O2/c1-18-14(21)10-15(16,12-17-18)19(8-5-9-20)11-13-6-3-2-4-7-13/h2-4,6-7,12,20H,5,8-11H2,1H3. The Morgan fingerprint density at radius 1 is 1.43 bits per heavy atom. The van der Waals surface area contributed by atoms with Crippen molar-refractivity contribution in [2.45, 2.75) is 24.4 Å². The van der Waals surface area contributed by atoms with Crippen LogP contribution in [0.15, 0.2) is 35.4 Å². The summed E-state index contributed by atoms with van der Waals surface area (Å²) in [5.41, 5.74) is 1.11. The third kappa shape index (κ3) is 4.03. The number of carbonyl (C=O) groups excluding carboxylic acids is 1. The summed E-state index contributed by atoms with van der Waals surface area (Å²) in [6, 6.07) is 9.92. The number of aliphatic hydroxyl groups is 1. The van der Waals surface area contributed by atoms with Crippen LogP contribution in [0.2, 0.25) is 0 Å². The van der Waals surface area contributed by atoms with Gasteiger partial charge in [0.15, 0.2) is 0 Å². The van der Waals surface area contributed by atoms with Crippen molar-refractivity contribution in [3.63, 3.8) is 0 Å². The Kier molecular flexibility index (Phi) is 5.33. The fourth-order valence-electron chi connectivity index (χ4n) is 2.27. The molecule has 1 aliphatic heterocycles. The van der Waals surface area contributed by atoms with Gasteiger partial charge in [0.05, 0.1) is 12.6 Å². The van der Waals surface area contributed by atoms with Gasteiger partial charge in [-0.1, -0.05) is 41.9 Å². The van der Waals surface area contributed by atoms with Crippen LogP contribution in [0.5, 0.6) is 0 Å². The largest absolute Gasteiger partial charge is 0.396 e. The van der Waals surface area contributed by atoms with E-state index < -0.39 is 5.00 Å². The van der Waals surface area contributed by atoms with Crippen LogP contribution in [-0.2, 0) is 11.3 Å². The van der Waals surface area contributed by atoms with E-state index in [1.807, 2.05) is 35.2 Å². The summed E-state index contributed by atoms with van der Waals surface area (Å²) in [5.74, 6) is -0.116. The average Bonchev–Trinajstić information content (AvgIpc) is 2.49. The van der Waals surface area contributed by atoms with Crippen LogP contribution in [0.3, 0.4) is 0 Å². The summed E-state index contributed by atoms with van der Waals surface area (Å²) in [4.78, 5) is 12.9. The average molecular weight is 310 g/mol. The van der Waals surface area contributed by atoms with Gasteiger partial charge in [0, 0.05) is 26.7 Å². The SMILES string of the molecule is CN1N=CC(Cl)(N(CCCO)Cc2ccccc2)CC1=O. The highest BCUT2D eigenvalue weighted by atomic mass is 35.5. The molecule has 0 aromatic heterocycles. The van der Waals surface area contributed by atoms with Gasteiger partial charge in [-0.3, -0.25) is 9.69 Å². The number of benzene rings is 1. The van der Waals surface area contributed by atoms with Crippen molar-refractivity contribution < 1.29 is 9.90 Å². The minimum Gasteiger partial charge on any atom is -0.396 e. The normalized spacial score (nSPS) is 22.1. The maximum absolute atomic E-state index is 11.9. The first kappa shape index (κ1) is 15.9. The van der Waals surface area contributed by atoms with Crippen molar-refractivity contribution in [3.05, 3.63) is 35.9 Å². The van der Waals surface area contributed by atoms with Crippen molar-refractivity contribution in [1.29, 1.82) is 0 Å². The van der Waals surface area contributed by atoms with Crippen LogP contribution < -0.4 is 0 Å². The zero-order chi connectivity index (χ0) is 15.3. The Bertz CT molecular complexity index is 509. The number of alkyl halides is 1. The van der Waals surface area contributed by atoms with E-state index in [0.29, 0.717) is 19.5 Å². The number of nitrogens with zero attached hydrogens (tertiary/aromatic N) is 3. The van der Waals surface area contributed by atoms with Gasteiger partial charge in [0.2, 0.25) is 5.91 Å². The van der Waals surface area contributed by atoms with E-state index in [1.165, 1.54) is 5.01 Å². The van der Waals surface area contributed by atoms with E-state index in [1.54, 1.807) is 13.3 Å². The molecule has 0 bridgehead atoms. The first-order valence-corrected chi connectivity index (χ1v) is 7.33. The maximum atomic E-state index is 11.9. The van der Waals surface area contributed by atoms with Crippen molar-refractivity contribution in [1.82, 2.24) is 9.91 Å². The highest BCUT2D eigenvalue weighted by Gasteiger charge is 2.39. The summed E-state index contributed by atoms with van der Waals surface area (Å²) < 4.78 is 0. The molecule has 114 valence electrons. The zero-order valence-electron chi connectivity index (χ0n) is 12.1. The van der Waals surface area contributed by atoms with Crippen molar-refractivity contribution in [3.8, 4) is 0 Å². The van der Waals surface area contributed by atoms with Crippen LogP contribution >= 0.6 is 11.6 Å². The molecular weight excluding hydrogens is 290 g/mol. The van der Waals surface area contributed by atoms with Crippen LogP contribution in [0.4, 0.5) is 0 Å². The second kappa shape index (κ2) is 7.02. The van der Waals surface area contributed by atoms with Gasteiger partial charge in [-0.15, -0.1) is 0 Å². The van der Waals surface area contributed by atoms with Gasteiger partial charge in [-0.05, 0) is 12.0 Å². The van der Waals surface area contributed by atoms with E-state index in [0.717, 1.165) is 5.56 Å². The Labute approximate surface area is 129 Å². The number of rotatable bonds is 6. The first-order valence-electron chi connectivity index (χ1n) is 6.95. The monoisotopic (exact) mass is 309 g/mol. The summed E-state index contributed by atoms with van der Waals surface area (Å²) in [6.07, 6.45) is 2.38. The highest BCUT2D eigenvalue weighted by molar-refractivity contribution is 6.33. The molecule has 1 aliphatic rings. The molecule has 21 heavy (non-hydrogen) atoms. The smallest absolute Gasteiger partial charge is 0.245 e. The van der Waals surface area contributed by atoms with Gasteiger partial charge >= 0.3 is 0 Å². The lowest BCUT2D eigenvalue weighted by molar-refractivity contribution is -0.132. The molecular formula is C15H20ClN3O2. The number of halogens is 1. The molecule has 0 spiro atoms. The number of aliphatic hydroxyl groups excluding tert-OH is 1. The first-order chi connectivity index (χ1) is 10.0. The van der Waals surface area contributed by atoms with E-state index in [2.05, 4.69) is 5.10 Å². The van der Waals surface area contributed by atoms with Crippen LogP contribution in [-0.4, -0.2) is 52.3 Å². The quantitative estimate of drug-likeness (QED) is 0.642. The molecule has 0 saturated heterocycles. The van der Waals surface area contributed by atoms with Crippen LogP contribution in [0.1, 0.15) is 18.4 Å². The molecule has 1 aromatic rings. The minimum atomic E-state index is -0.936. The third-order valence-corrected chi connectivity index (χ3v) is 3.99. The lowest BCUT2D eigenvalue weighted by atomic mass is 10.1. The molecule has 2 rings (SSSR count). The summed E-state index contributed by atoms with van der Waals surface area (Å²) in [5, 5.41) is 14.4. The highest BCUT2D eigenvalue weighted by Crippen LogP contribution is 2.29. The number of hydrogen-bond donors (Lipinski definition) is 1. The molecule has 1 atom stereocenters. The van der Waals surface area contributed by atoms with E-state index in [4.69, 9.17) is 16.7 Å². The third-order valence-electron chi connectivity index (χ3n) is 3.52. The van der Waals surface area contributed by atoms with Crippen LogP contribution in [0.25, 0.3) is 0 Å². The molecule has 1 amide bonds. The molecule has 1 unspecified atom stereocenters. The van der Waals surface area contributed by atoms with Gasteiger partial charge in [0.1, 0.15) is 5.00 Å². The Balaban J connectivity index is 2.19. The van der Waals surface area contributed by atoms with Gasteiger partial charge in [0.25, 0.3) is 0 Å². The van der Waals surface area contributed by atoms with Gasteiger partial charge in [-0.2, -0.15) is 5.10 Å². The second-order valence-corrected chi connectivity index (χ2v) is 5.80. The predicted molar refractivity (Wildman–Crippen MR) is 83.0 cm³/mol. The van der Waals surface area contributed by atoms with E-state index in [-0.39, 0.29) is 18.9 Å². The molecule has 6 heteroatoms. The van der Waals surface area contributed by atoms with Crippen LogP contribution in [0, 0.1) is 0 Å². The molecule has 1 N–H and O–H groups in total. The molecule has 0 aliphatic carbocycles. The van der Waals surface area contributed by atoms with E-state index in [9.17, 15) is 4.79 Å². The topological polar surface area (TPSA) is 56.1 Å². The fourth-order valence-corrected chi connectivity index (χ4v) is 2.57. The predicted octanol–water partition coefficient (Wildman–Crippen LogP) is 1.65. The van der Waals surface area contributed by atoms with E-state index >= 15 is 0 Å². The Morgan fingerprint density at radius 3 is 2.76 bits per heavy atom. The Morgan fingerprint density at radius 2 is 2.14 bits per heavy atom. The van der Waals surface area contributed by atoms with Crippen molar-refractivity contribution >= 4 is 23.7 Å². The number of amides is 1. The number of hydrogen-bond acceptors (Lipinski definition) is 4. The second-order valence-electron chi connectivity index (χ2n) is 5.14. The van der Waals surface area contributed by atoms with Gasteiger partial charge < -0.3 is 5.11 Å². The zero-order valence-corrected chi connectivity index (χ0v) is 12.8. The lowest BCUT2D eigenvalue weighted by Gasteiger charge is -2.38. The molecule has 5 nitrogen and oxygen atoms in total. The number of hydrazone groups is 1. The summed E-state index contributed by atoms with van der Waals surface area (Å²) in [6.45, 7) is 1.29.